The molecule has 1 aliphatic heterocycles. The van der Waals surface area contributed by atoms with E-state index in [1.807, 2.05) is 26.0 Å². The Balaban J connectivity index is 0.00000106. The lowest BCUT2D eigenvalue weighted by Gasteiger charge is -2.14. The average Bonchev–Trinajstić information content (AvgIpc) is 3.18. The fourth-order valence-corrected chi connectivity index (χ4v) is 3.79. The van der Waals surface area contributed by atoms with Gasteiger partial charge < -0.3 is 19.5 Å². The molecule has 0 atom stereocenters. The molecule has 0 unspecified atom stereocenters. The van der Waals surface area contributed by atoms with Gasteiger partial charge in [0, 0.05) is 0 Å². The molecule has 0 aliphatic carbocycles. The van der Waals surface area contributed by atoms with Crippen LogP contribution in [0.3, 0.4) is 0 Å². The Morgan fingerprint density at radius 2 is 1.81 bits per heavy atom. The first kappa shape index (κ1) is 28.9. The van der Waals surface area contributed by atoms with Crippen LogP contribution in [0.1, 0.15) is 33.3 Å². The number of thioether (sulfide) groups is 1. The number of carbonyl (C=O) groups is 2. The van der Waals surface area contributed by atoms with Gasteiger partial charge in [-0.3, -0.25) is 4.79 Å². The van der Waals surface area contributed by atoms with Gasteiger partial charge in [-0.1, -0.05) is 23.8 Å². The third kappa shape index (κ3) is 9.05. The fourth-order valence-electron chi connectivity index (χ4n) is 2.67. The summed E-state index contributed by atoms with van der Waals surface area (Å²) in [6.45, 7) is 7.77. The van der Waals surface area contributed by atoms with E-state index >= 15 is 0 Å². The number of hydrogen-bond acceptors (Lipinski definition) is 7. The molecule has 0 saturated carbocycles. The summed E-state index contributed by atoms with van der Waals surface area (Å²) < 4.78 is 29.0. The van der Waals surface area contributed by atoms with Crippen LogP contribution in [0.2, 0.25) is 5.02 Å². The minimum atomic E-state index is -0.524. The fraction of sp³-hybridized carbons (Fsp3) is 0.269. The Hall–Kier alpha value is -3.30. The number of nitrogens with one attached hydrogen (secondary N) is 1. The Morgan fingerprint density at radius 3 is 2.42 bits per heavy atom. The van der Waals surface area contributed by atoms with E-state index in [1.54, 1.807) is 32.1 Å². The Bertz CT molecular complexity index is 1150. The first-order chi connectivity index (χ1) is 17.3. The number of ether oxygens (including phenoxy) is 3. The molecule has 0 bridgehead atoms. The molecule has 2 aromatic rings. The van der Waals surface area contributed by atoms with Crippen molar-refractivity contribution < 1.29 is 28.2 Å². The normalized spacial score (nSPS) is 15.0. The van der Waals surface area contributed by atoms with Gasteiger partial charge >= 0.3 is 5.97 Å². The monoisotopic (exact) mass is 534 g/mol. The molecule has 10 heteroatoms. The highest BCUT2D eigenvalue weighted by atomic mass is 35.5. The van der Waals surface area contributed by atoms with Crippen LogP contribution in [0, 0.1) is 5.82 Å². The number of nitrogens with zero attached hydrogens (tertiary/aromatic N) is 1. The third-order valence-electron chi connectivity index (χ3n) is 4.31. The zero-order valence-electron chi connectivity index (χ0n) is 20.5. The first-order valence-corrected chi connectivity index (χ1v) is 12.4. The van der Waals surface area contributed by atoms with Crippen LogP contribution >= 0.6 is 23.4 Å². The lowest BCUT2D eigenvalue weighted by atomic mass is 10.2. The lowest BCUT2D eigenvalue weighted by Crippen LogP contribution is -2.19. The van der Waals surface area contributed by atoms with Gasteiger partial charge in [0.2, 0.25) is 0 Å². The van der Waals surface area contributed by atoms with Gasteiger partial charge in [0.15, 0.2) is 23.3 Å². The zero-order chi connectivity index (χ0) is 26.5. The van der Waals surface area contributed by atoms with Crippen molar-refractivity contribution in [2.24, 2.45) is 4.99 Å². The summed E-state index contributed by atoms with van der Waals surface area (Å²) in [6, 6.07) is 8.87. The topological polar surface area (TPSA) is 86.2 Å². The second kappa shape index (κ2) is 15.0. The van der Waals surface area contributed by atoms with Crippen molar-refractivity contribution in [1.29, 1.82) is 0 Å². The van der Waals surface area contributed by atoms with Crippen molar-refractivity contribution in [1.82, 2.24) is 5.32 Å². The van der Waals surface area contributed by atoms with Gasteiger partial charge in [-0.25, -0.2) is 14.2 Å². The second-order valence-electron chi connectivity index (χ2n) is 6.98. The van der Waals surface area contributed by atoms with Crippen molar-refractivity contribution in [3.63, 3.8) is 0 Å². The van der Waals surface area contributed by atoms with E-state index in [9.17, 15) is 14.0 Å². The Morgan fingerprint density at radius 1 is 1.11 bits per heavy atom. The number of carbonyl (C=O) groups excluding carboxylic acids is 2. The predicted molar refractivity (Wildman–Crippen MR) is 142 cm³/mol. The van der Waals surface area contributed by atoms with Crippen LogP contribution in [0.5, 0.6) is 11.5 Å². The highest BCUT2D eigenvalue weighted by Crippen LogP contribution is 2.38. The average molecular weight is 535 g/mol. The highest BCUT2D eigenvalue weighted by molar-refractivity contribution is 8.18. The molecular formula is C26H28ClFN2O5S. The van der Waals surface area contributed by atoms with Gasteiger partial charge in [0.1, 0.15) is 5.82 Å². The number of hydrogen-bond donors (Lipinski definition) is 1. The van der Waals surface area contributed by atoms with Crippen LogP contribution in [0.15, 0.2) is 58.4 Å². The number of amidine groups is 1. The minimum absolute atomic E-state index is 0.214. The van der Waals surface area contributed by atoms with Crippen LogP contribution in [0.25, 0.3) is 6.08 Å². The molecule has 1 heterocycles. The molecule has 0 aromatic heterocycles. The molecule has 192 valence electrons. The summed E-state index contributed by atoms with van der Waals surface area (Å²) in [4.78, 5) is 28.6. The number of amides is 1. The van der Waals surface area contributed by atoms with E-state index < -0.39 is 5.97 Å². The molecule has 0 spiro atoms. The number of halogens is 2. The summed E-state index contributed by atoms with van der Waals surface area (Å²) in [5.74, 6) is -0.670. The van der Waals surface area contributed by atoms with Gasteiger partial charge in [-0.2, -0.15) is 0 Å². The van der Waals surface area contributed by atoms with E-state index in [4.69, 9.17) is 25.8 Å². The maximum absolute atomic E-state index is 13.1. The standard InChI is InChI=1S/C22H20ClFN2O5S.C4H8/c1-3-29-17-10-13(9-16(23)20(17)31-12-19(27)30-4-2)11-18-21(28)26-22(32-18)25-15-7-5-14(24)6-8-15;1-3-4-2/h5-11H,3-4,12H2,1-2H3,(H,25,26,28);3-4H,1-2H3/b18-11+;4-3-. The largest absolute Gasteiger partial charge is 0.490 e. The highest BCUT2D eigenvalue weighted by Gasteiger charge is 2.24. The maximum atomic E-state index is 13.1. The number of benzene rings is 2. The molecule has 2 aromatic carbocycles. The third-order valence-corrected chi connectivity index (χ3v) is 5.50. The Labute approximate surface area is 219 Å². The summed E-state index contributed by atoms with van der Waals surface area (Å²) >= 11 is 7.50. The second-order valence-corrected chi connectivity index (χ2v) is 8.42. The van der Waals surface area contributed by atoms with E-state index in [0.717, 1.165) is 11.8 Å². The molecule has 7 nitrogen and oxygen atoms in total. The van der Waals surface area contributed by atoms with E-state index in [1.165, 1.54) is 24.3 Å². The van der Waals surface area contributed by atoms with E-state index in [-0.39, 0.29) is 35.7 Å². The van der Waals surface area contributed by atoms with Crippen molar-refractivity contribution >= 4 is 52.2 Å². The van der Waals surface area contributed by atoms with Crippen molar-refractivity contribution in [3.05, 3.63) is 69.9 Å². The molecule has 3 rings (SSSR count). The van der Waals surface area contributed by atoms with Crippen molar-refractivity contribution in [2.45, 2.75) is 27.7 Å². The zero-order valence-corrected chi connectivity index (χ0v) is 22.0. The van der Waals surface area contributed by atoms with Gasteiger partial charge in [0.25, 0.3) is 5.91 Å². The lowest BCUT2D eigenvalue weighted by molar-refractivity contribution is -0.145. The summed E-state index contributed by atoms with van der Waals surface area (Å²) in [6.07, 6.45) is 5.64. The molecule has 1 amide bonds. The molecule has 1 aliphatic rings. The van der Waals surface area contributed by atoms with Crippen LogP contribution in [0.4, 0.5) is 10.1 Å². The van der Waals surface area contributed by atoms with E-state index in [0.29, 0.717) is 33.7 Å². The van der Waals surface area contributed by atoms with Crippen molar-refractivity contribution in [2.75, 3.05) is 19.8 Å². The minimum Gasteiger partial charge on any atom is -0.490 e. The molecular weight excluding hydrogens is 507 g/mol. The summed E-state index contributed by atoms with van der Waals surface area (Å²) in [7, 11) is 0. The van der Waals surface area contributed by atoms with Gasteiger partial charge in [-0.15, -0.1) is 0 Å². The first-order valence-electron chi connectivity index (χ1n) is 11.2. The molecule has 36 heavy (non-hydrogen) atoms. The maximum Gasteiger partial charge on any atom is 0.344 e. The van der Waals surface area contributed by atoms with Gasteiger partial charge in [-0.05, 0) is 87.5 Å². The number of rotatable bonds is 8. The number of esters is 1. The van der Waals surface area contributed by atoms with Crippen molar-refractivity contribution in [3.8, 4) is 11.5 Å². The van der Waals surface area contributed by atoms with Gasteiger partial charge in [0.05, 0.1) is 28.8 Å². The quantitative estimate of drug-likeness (QED) is 0.243. The molecule has 1 fully saturated rings. The SMILES string of the molecule is C/C=C\C.CCOC(=O)COc1c(Cl)cc(/C=C2/SC(=Nc3ccc(F)cc3)NC2=O)cc1OCC. The van der Waals surface area contributed by atoms with Crippen LogP contribution in [-0.4, -0.2) is 36.9 Å². The number of allylic oxidation sites excluding steroid dienone is 2. The molecule has 1 saturated heterocycles. The van der Waals surface area contributed by atoms with Crippen LogP contribution < -0.4 is 14.8 Å². The summed E-state index contributed by atoms with van der Waals surface area (Å²) in [5, 5.41) is 3.26. The number of aliphatic imine (C=N–C) groups is 1. The summed E-state index contributed by atoms with van der Waals surface area (Å²) in [5.41, 5.74) is 1.11. The van der Waals surface area contributed by atoms with E-state index in [2.05, 4.69) is 10.3 Å². The smallest absolute Gasteiger partial charge is 0.344 e. The Kier molecular flexibility index (Phi) is 12.0. The van der Waals surface area contributed by atoms with Crippen LogP contribution in [-0.2, 0) is 14.3 Å². The predicted octanol–water partition coefficient (Wildman–Crippen LogP) is 6.29. The molecule has 0 radical (unpaired) electrons. The molecule has 1 N–H and O–H groups in total.